The standard InChI is InChI=1S/C17H15FN2O/c1-20(11-14-4-2-3-13(9-14)10-19)12-17(21)15-5-7-16(18)8-6-15/h2-9H,11-12H2,1H3. The van der Waals surface area contributed by atoms with Crippen LogP contribution < -0.4 is 0 Å². The first-order valence-corrected chi connectivity index (χ1v) is 6.55. The van der Waals surface area contributed by atoms with Crippen molar-refractivity contribution in [3.8, 4) is 6.07 Å². The van der Waals surface area contributed by atoms with Crippen LogP contribution in [0.4, 0.5) is 4.39 Å². The predicted molar refractivity (Wildman–Crippen MR) is 78.2 cm³/mol. The van der Waals surface area contributed by atoms with Crippen molar-refractivity contribution in [2.75, 3.05) is 13.6 Å². The number of Topliss-reactive ketones (excluding diaryl/α,β-unsaturated/α-hetero) is 1. The second-order valence-corrected chi connectivity index (χ2v) is 4.91. The van der Waals surface area contributed by atoms with Gasteiger partial charge in [0.2, 0.25) is 0 Å². The Morgan fingerprint density at radius 1 is 1.24 bits per heavy atom. The third-order valence-electron chi connectivity index (χ3n) is 3.09. The number of hydrogen-bond acceptors (Lipinski definition) is 3. The molecule has 0 aliphatic carbocycles. The zero-order valence-electron chi connectivity index (χ0n) is 11.7. The highest BCUT2D eigenvalue weighted by atomic mass is 19.1. The number of hydrogen-bond donors (Lipinski definition) is 0. The SMILES string of the molecule is CN(CC(=O)c1ccc(F)cc1)Cc1cccc(C#N)c1. The molecule has 0 bridgehead atoms. The van der Waals surface area contributed by atoms with E-state index in [1.165, 1.54) is 24.3 Å². The average molecular weight is 282 g/mol. The molecular weight excluding hydrogens is 267 g/mol. The molecule has 0 unspecified atom stereocenters. The van der Waals surface area contributed by atoms with Crippen LogP contribution in [-0.2, 0) is 6.54 Å². The highest BCUT2D eigenvalue weighted by molar-refractivity contribution is 5.97. The first kappa shape index (κ1) is 14.9. The molecule has 0 saturated heterocycles. The summed E-state index contributed by atoms with van der Waals surface area (Å²) >= 11 is 0. The number of rotatable bonds is 5. The van der Waals surface area contributed by atoms with E-state index in [0.717, 1.165) is 5.56 Å². The molecule has 21 heavy (non-hydrogen) atoms. The van der Waals surface area contributed by atoms with Gasteiger partial charge in [0.15, 0.2) is 5.78 Å². The molecule has 0 amide bonds. The van der Waals surface area contributed by atoms with Gasteiger partial charge in [-0.1, -0.05) is 12.1 Å². The van der Waals surface area contributed by atoms with Crippen molar-refractivity contribution in [3.05, 3.63) is 71.0 Å². The number of nitrogens with zero attached hydrogens (tertiary/aromatic N) is 2. The summed E-state index contributed by atoms with van der Waals surface area (Å²) in [5.41, 5.74) is 2.07. The lowest BCUT2D eigenvalue weighted by atomic mass is 10.1. The molecule has 0 N–H and O–H groups in total. The van der Waals surface area contributed by atoms with Gasteiger partial charge in [-0.3, -0.25) is 9.69 Å². The number of likely N-dealkylation sites (N-methyl/N-ethyl adjacent to an activating group) is 1. The molecule has 2 aromatic rings. The molecule has 0 aliphatic heterocycles. The lowest BCUT2D eigenvalue weighted by Gasteiger charge is -2.16. The molecule has 106 valence electrons. The fourth-order valence-corrected chi connectivity index (χ4v) is 2.08. The van der Waals surface area contributed by atoms with Gasteiger partial charge in [-0.05, 0) is 49.0 Å². The van der Waals surface area contributed by atoms with Gasteiger partial charge >= 0.3 is 0 Å². The fourth-order valence-electron chi connectivity index (χ4n) is 2.08. The number of carbonyl (C=O) groups is 1. The van der Waals surface area contributed by atoms with Crippen LogP contribution >= 0.6 is 0 Å². The highest BCUT2D eigenvalue weighted by Crippen LogP contribution is 2.09. The maximum atomic E-state index is 12.8. The Morgan fingerprint density at radius 3 is 2.62 bits per heavy atom. The van der Waals surface area contributed by atoms with Crippen molar-refractivity contribution >= 4 is 5.78 Å². The molecule has 0 radical (unpaired) electrons. The highest BCUT2D eigenvalue weighted by Gasteiger charge is 2.10. The van der Waals surface area contributed by atoms with Crippen LogP contribution in [0.1, 0.15) is 21.5 Å². The molecule has 0 saturated carbocycles. The molecule has 0 spiro atoms. The van der Waals surface area contributed by atoms with Gasteiger partial charge in [0.05, 0.1) is 18.2 Å². The molecule has 0 aliphatic rings. The predicted octanol–water partition coefficient (Wildman–Crippen LogP) is 3.01. The second kappa shape index (κ2) is 6.78. The normalized spacial score (nSPS) is 10.4. The van der Waals surface area contributed by atoms with Crippen LogP contribution in [0.2, 0.25) is 0 Å². The summed E-state index contributed by atoms with van der Waals surface area (Å²) in [6, 6.07) is 14.9. The van der Waals surface area contributed by atoms with Crippen LogP contribution in [0.3, 0.4) is 0 Å². The number of carbonyl (C=O) groups excluding carboxylic acids is 1. The number of benzene rings is 2. The van der Waals surface area contributed by atoms with Crippen molar-refractivity contribution in [1.29, 1.82) is 5.26 Å². The second-order valence-electron chi connectivity index (χ2n) is 4.91. The minimum atomic E-state index is -0.353. The summed E-state index contributed by atoms with van der Waals surface area (Å²) in [6.45, 7) is 0.810. The molecule has 0 fully saturated rings. The summed E-state index contributed by atoms with van der Waals surface area (Å²) < 4.78 is 12.8. The average Bonchev–Trinajstić information content (AvgIpc) is 2.47. The first-order chi connectivity index (χ1) is 10.1. The molecule has 0 aromatic heterocycles. The lowest BCUT2D eigenvalue weighted by molar-refractivity contribution is 0.0943. The van der Waals surface area contributed by atoms with Crippen LogP contribution in [-0.4, -0.2) is 24.3 Å². The van der Waals surface area contributed by atoms with Crippen LogP contribution in [0.15, 0.2) is 48.5 Å². The Hall–Kier alpha value is -2.51. The number of ketones is 1. The first-order valence-electron chi connectivity index (χ1n) is 6.55. The minimum Gasteiger partial charge on any atom is -0.295 e. The monoisotopic (exact) mass is 282 g/mol. The van der Waals surface area contributed by atoms with E-state index >= 15 is 0 Å². The van der Waals surface area contributed by atoms with E-state index in [-0.39, 0.29) is 18.1 Å². The molecule has 0 atom stereocenters. The van der Waals surface area contributed by atoms with Gasteiger partial charge < -0.3 is 0 Å². The van der Waals surface area contributed by atoms with E-state index < -0.39 is 0 Å². The Bertz CT molecular complexity index is 674. The van der Waals surface area contributed by atoms with Crippen molar-refractivity contribution in [3.63, 3.8) is 0 Å². The summed E-state index contributed by atoms with van der Waals surface area (Å²) in [6.07, 6.45) is 0. The maximum absolute atomic E-state index is 12.8. The van der Waals surface area contributed by atoms with Gasteiger partial charge in [0.25, 0.3) is 0 Å². The minimum absolute atomic E-state index is 0.0612. The Kier molecular flexibility index (Phi) is 4.81. The molecular formula is C17H15FN2O. The van der Waals surface area contributed by atoms with Gasteiger partial charge in [0, 0.05) is 12.1 Å². The molecule has 3 nitrogen and oxygen atoms in total. The summed E-state index contributed by atoms with van der Waals surface area (Å²) in [4.78, 5) is 13.9. The van der Waals surface area contributed by atoms with Crippen molar-refractivity contribution < 1.29 is 9.18 Å². The Labute approximate surface area is 123 Å². The van der Waals surface area contributed by atoms with E-state index in [1.807, 2.05) is 24.1 Å². The fraction of sp³-hybridized carbons (Fsp3) is 0.176. The van der Waals surface area contributed by atoms with Gasteiger partial charge in [-0.2, -0.15) is 5.26 Å². The summed E-state index contributed by atoms with van der Waals surface area (Å²) in [5, 5.41) is 8.86. The van der Waals surface area contributed by atoms with Crippen molar-refractivity contribution in [2.24, 2.45) is 0 Å². The van der Waals surface area contributed by atoms with Crippen LogP contribution in [0, 0.1) is 17.1 Å². The number of halogens is 1. The van der Waals surface area contributed by atoms with Crippen LogP contribution in [0.5, 0.6) is 0 Å². The molecule has 0 heterocycles. The van der Waals surface area contributed by atoms with E-state index in [4.69, 9.17) is 5.26 Å². The molecule has 2 rings (SSSR count). The zero-order chi connectivity index (χ0) is 15.2. The maximum Gasteiger partial charge on any atom is 0.176 e. The number of nitriles is 1. The van der Waals surface area contributed by atoms with E-state index in [2.05, 4.69) is 6.07 Å². The van der Waals surface area contributed by atoms with E-state index in [1.54, 1.807) is 12.1 Å². The van der Waals surface area contributed by atoms with Gasteiger partial charge in [-0.25, -0.2) is 4.39 Å². The Balaban J connectivity index is 1.98. The quantitative estimate of drug-likeness (QED) is 0.792. The third-order valence-corrected chi connectivity index (χ3v) is 3.09. The van der Waals surface area contributed by atoms with E-state index in [0.29, 0.717) is 17.7 Å². The largest absolute Gasteiger partial charge is 0.295 e. The van der Waals surface area contributed by atoms with E-state index in [9.17, 15) is 9.18 Å². The third kappa shape index (κ3) is 4.23. The van der Waals surface area contributed by atoms with Crippen molar-refractivity contribution in [2.45, 2.75) is 6.54 Å². The molecule has 2 aromatic carbocycles. The van der Waals surface area contributed by atoms with Gasteiger partial charge in [-0.15, -0.1) is 0 Å². The smallest absolute Gasteiger partial charge is 0.176 e. The van der Waals surface area contributed by atoms with Gasteiger partial charge in [0.1, 0.15) is 5.82 Å². The van der Waals surface area contributed by atoms with Crippen LogP contribution in [0.25, 0.3) is 0 Å². The summed E-state index contributed by atoms with van der Waals surface area (Å²) in [5.74, 6) is -0.415. The zero-order valence-corrected chi connectivity index (χ0v) is 11.7. The molecule has 4 heteroatoms. The lowest BCUT2D eigenvalue weighted by Crippen LogP contribution is -2.25. The Morgan fingerprint density at radius 2 is 1.95 bits per heavy atom. The topological polar surface area (TPSA) is 44.1 Å². The van der Waals surface area contributed by atoms with Crippen molar-refractivity contribution in [1.82, 2.24) is 4.90 Å². The summed E-state index contributed by atoms with van der Waals surface area (Å²) in [7, 11) is 1.83.